The van der Waals surface area contributed by atoms with Crippen molar-refractivity contribution in [3.63, 3.8) is 0 Å². The van der Waals surface area contributed by atoms with Gasteiger partial charge in [-0.1, -0.05) is 18.9 Å². The number of rotatable bonds is 3. The summed E-state index contributed by atoms with van der Waals surface area (Å²) in [6.45, 7) is 1.14. The summed E-state index contributed by atoms with van der Waals surface area (Å²) in [6.07, 6.45) is 9.36. The van der Waals surface area contributed by atoms with Crippen LogP contribution in [0.5, 0.6) is 0 Å². The van der Waals surface area contributed by atoms with Crippen molar-refractivity contribution >= 4 is 0 Å². The number of hydrogen-bond acceptors (Lipinski definition) is 2. The summed E-state index contributed by atoms with van der Waals surface area (Å²) in [5.41, 5.74) is 1.43. The minimum Gasteiger partial charge on any atom is -0.319 e. The predicted octanol–water partition coefficient (Wildman–Crippen LogP) is 2.57. The van der Waals surface area contributed by atoms with Crippen molar-refractivity contribution in [1.29, 1.82) is 0 Å². The molecule has 82 valence electrons. The van der Waals surface area contributed by atoms with Crippen molar-refractivity contribution in [1.82, 2.24) is 10.3 Å². The van der Waals surface area contributed by atoms with Gasteiger partial charge in [-0.2, -0.15) is 0 Å². The van der Waals surface area contributed by atoms with Crippen molar-refractivity contribution in [3.8, 4) is 0 Å². The Bertz CT molecular complexity index is 282. The van der Waals surface area contributed by atoms with Gasteiger partial charge in [-0.05, 0) is 49.9 Å². The fourth-order valence-electron chi connectivity index (χ4n) is 2.75. The van der Waals surface area contributed by atoms with Crippen LogP contribution in [0, 0.1) is 5.92 Å². The van der Waals surface area contributed by atoms with E-state index in [0.717, 1.165) is 18.4 Å². The normalized spacial score (nSPS) is 26.5. The Labute approximate surface area is 92.1 Å². The highest BCUT2D eigenvalue weighted by Gasteiger charge is 2.25. The molecule has 1 saturated carbocycles. The predicted molar refractivity (Wildman–Crippen MR) is 62.9 cm³/mol. The van der Waals surface area contributed by atoms with Crippen LogP contribution >= 0.6 is 0 Å². The Kier molecular flexibility index (Phi) is 3.73. The van der Waals surface area contributed by atoms with E-state index in [2.05, 4.69) is 29.5 Å². The average molecular weight is 204 g/mol. The Hall–Kier alpha value is -0.890. The van der Waals surface area contributed by atoms with Crippen LogP contribution < -0.4 is 5.32 Å². The molecule has 0 aromatic carbocycles. The van der Waals surface area contributed by atoms with Crippen LogP contribution in [0.2, 0.25) is 0 Å². The third-order valence-electron chi connectivity index (χ3n) is 3.49. The zero-order valence-corrected chi connectivity index (χ0v) is 9.45. The maximum absolute atomic E-state index is 4.23. The van der Waals surface area contributed by atoms with E-state index in [1.165, 1.54) is 31.2 Å². The molecule has 0 saturated heterocycles. The van der Waals surface area contributed by atoms with Crippen LogP contribution in [-0.2, 0) is 0 Å². The number of aromatic nitrogens is 1. The van der Waals surface area contributed by atoms with Crippen LogP contribution in [-0.4, -0.2) is 18.6 Å². The summed E-state index contributed by atoms with van der Waals surface area (Å²) >= 11 is 0. The monoisotopic (exact) mass is 204 g/mol. The van der Waals surface area contributed by atoms with Crippen molar-refractivity contribution in [2.24, 2.45) is 5.92 Å². The first-order valence-electron chi connectivity index (χ1n) is 5.96. The number of nitrogens with one attached hydrogen (secondary N) is 1. The van der Waals surface area contributed by atoms with Crippen molar-refractivity contribution in [2.75, 3.05) is 13.6 Å². The van der Waals surface area contributed by atoms with E-state index < -0.39 is 0 Å². The van der Waals surface area contributed by atoms with Gasteiger partial charge in [0.15, 0.2) is 0 Å². The Balaban J connectivity index is 2.11. The van der Waals surface area contributed by atoms with Crippen LogP contribution in [0.4, 0.5) is 0 Å². The van der Waals surface area contributed by atoms with Gasteiger partial charge in [0.05, 0.1) is 0 Å². The highest BCUT2D eigenvalue weighted by Crippen LogP contribution is 2.36. The Morgan fingerprint density at radius 1 is 1.40 bits per heavy atom. The molecule has 1 aromatic rings. The minimum absolute atomic E-state index is 0.722. The first kappa shape index (κ1) is 10.6. The molecule has 2 nitrogen and oxygen atoms in total. The molecule has 1 heterocycles. The second-order valence-corrected chi connectivity index (χ2v) is 4.50. The molecule has 2 atom stereocenters. The van der Waals surface area contributed by atoms with E-state index in [9.17, 15) is 0 Å². The molecule has 0 aliphatic heterocycles. The van der Waals surface area contributed by atoms with Gasteiger partial charge in [0, 0.05) is 12.4 Å². The van der Waals surface area contributed by atoms with Crippen LogP contribution in [0.25, 0.3) is 0 Å². The average Bonchev–Trinajstić information content (AvgIpc) is 2.31. The molecule has 1 fully saturated rings. The second kappa shape index (κ2) is 5.26. The number of pyridine rings is 1. The van der Waals surface area contributed by atoms with Crippen LogP contribution in [0.3, 0.4) is 0 Å². The summed E-state index contributed by atoms with van der Waals surface area (Å²) in [6, 6.07) is 4.28. The van der Waals surface area contributed by atoms with E-state index in [0.29, 0.717) is 0 Å². The quantitative estimate of drug-likeness (QED) is 0.818. The van der Waals surface area contributed by atoms with E-state index >= 15 is 0 Å². The van der Waals surface area contributed by atoms with E-state index in [4.69, 9.17) is 0 Å². The molecule has 15 heavy (non-hydrogen) atoms. The number of nitrogens with zero attached hydrogens (tertiary/aromatic N) is 1. The third-order valence-corrected chi connectivity index (χ3v) is 3.49. The van der Waals surface area contributed by atoms with Gasteiger partial charge < -0.3 is 5.32 Å². The molecule has 2 heteroatoms. The summed E-state index contributed by atoms with van der Waals surface area (Å²) in [4.78, 5) is 4.23. The second-order valence-electron chi connectivity index (χ2n) is 4.50. The van der Waals surface area contributed by atoms with Gasteiger partial charge >= 0.3 is 0 Å². The molecule has 1 aliphatic rings. The number of hydrogen-bond donors (Lipinski definition) is 1. The molecule has 1 aromatic heterocycles. The van der Waals surface area contributed by atoms with Crippen LogP contribution in [0.15, 0.2) is 24.5 Å². The molecule has 0 bridgehead atoms. The Morgan fingerprint density at radius 3 is 3.00 bits per heavy atom. The first-order chi connectivity index (χ1) is 7.42. The van der Waals surface area contributed by atoms with Gasteiger partial charge in [-0.3, -0.25) is 4.98 Å². The lowest BCUT2D eigenvalue weighted by atomic mass is 9.76. The maximum atomic E-state index is 4.23. The fraction of sp³-hybridized carbons (Fsp3) is 0.615. The van der Waals surface area contributed by atoms with Gasteiger partial charge in [0.1, 0.15) is 0 Å². The molecule has 0 radical (unpaired) electrons. The SMILES string of the molecule is CNCC1CCCCC1c1cccnc1. The third kappa shape index (κ3) is 2.57. The summed E-state index contributed by atoms with van der Waals surface area (Å²) < 4.78 is 0. The largest absolute Gasteiger partial charge is 0.319 e. The minimum atomic E-state index is 0.722. The van der Waals surface area contributed by atoms with Gasteiger partial charge in [-0.25, -0.2) is 0 Å². The van der Waals surface area contributed by atoms with Gasteiger partial charge in [-0.15, -0.1) is 0 Å². The molecule has 1 aliphatic carbocycles. The lowest BCUT2D eigenvalue weighted by Gasteiger charge is -2.31. The van der Waals surface area contributed by atoms with Crippen molar-refractivity contribution in [3.05, 3.63) is 30.1 Å². The molecular formula is C13H20N2. The molecule has 1 N–H and O–H groups in total. The van der Waals surface area contributed by atoms with Gasteiger partial charge in [0.2, 0.25) is 0 Å². The maximum Gasteiger partial charge on any atom is 0.0302 e. The lowest BCUT2D eigenvalue weighted by molar-refractivity contribution is 0.301. The van der Waals surface area contributed by atoms with Crippen molar-refractivity contribution < 1.29 is 0 Å². The fourth-order valence-corrected chi connectivity index (χ4v) is 2.75. The smallest absolute Gasteiger partial charge is 0.0302 e. The van der Waals surface area contributed by atoms with Crippen molar-refractivity contribution in [2.45, 2.75) is 31.6 Å². The molecule has 2 rings (SSSR count). The summed E-state index contributed by atoms with van der Waals surface area (Å²) in [5, 5.41) is 3.32. The molecular weight excluding hydrogens is 184 g/mol. The zero-order valence-electron chi connectivity index (χ0n) is 9.45. The lowest BCUT2D eigenvalue weighted by Crippen LogP contribution is -2.27. The van der Waals surface area contributed by atoms with E-state index in [-0.39, 0.29) is 0 Å². The topological polar surface area (TPSA) is 24.9 Å². The molecule has 2 unspecified atom stereocenters. The molecule has 0 amide bonds. The van der Waals surface area contributed by atoms with Gasteiger partial charge in [0.25, 0.3) is 0 Å². The standard InChI is InChI=1S/C13H20N2/c1-14-9-11-5-2-3-7-13(11)12-6-4-8-15-10-12/h4,6,8,10-11,13-14H,2-3,5,7,9H2,1H3. The Morgan fingerprint density at radius 2 is 2.27 bits per heavy atom. The first-order valence-corrected chi connectivity index (χ1v) is 5.96. The van der Waals surface area contributed by atoms with E-state index in [1.54, 1.807) is 0 Å². The highest BCUT2D eigenvalue weighted by molar-refractivity contribution is 5.16. The molecule has 0 spiro atoms. The summed E-state index contributed by atoms with van der Waals surface area (Å²) in [7, 11) is 2.05. The van der Waals surface area contributed by atoms with Crippen LogP contribution in [0.1, 0.15) is 37.2 Å². The highest BCUT2D eigenvalue weighted by atomic mass is 14.8. The van der Waals surface area contributed by atoms with E-state index in [1.807, 2.05) is 12.4 Å². The summed E-state index contributed by atoms with van der Waals surface area (Å²) in [5.74, 6) is 1.52. The zero-order chi connectivity index (χ0) is 10.5.